The summed E-state index contributed by atoms with van der Waals surface area (Å²) in [6.07, 6.45) is 2.65. The van der Waals surface area contributed by atoms with Crippen molar-refractivity contribution in [1.29, 1.82) is 0 Å². The predicted octanol–water partition coefficient (Wildman–Crippen LogP) is 1.02. The first-order chi connectivity index (χ1) is 4.72. The molecule has 0 fully saturated rings. The molecule has 0 saturated carbocycles. The third kappa shape index (κ3) is 1.25. The molecule has 0 bridgehead atoms. The molecular weight excluding hydrogens is 128 g/mol. The van der Waals surface area contributed by atoms with Crippen LogP contribution in [0.5, 0.6) is 0 Å². The molecule has 1 unspecified atom stereocenters. The zero-order chi connectivity index (χ0) is 7.56. The van der Waals surface area contributed by atoms with Gasteiger partial charge in [0.25, 0.3) is 0 Å². The second-order valence-corrected chi connectivity index (χ2v) is 2.28. The molecule has 1 aromatic rings. The molecule has 0 spiro atoms. The number of hydrogen-bond donors (Lipinski definition) is 2. The number of aromatic amines is 1. The van der Waals surface area contributed by atoms with Crippen LogP contribution in [0.25, 0.3) is 0 Å². The highest BCUT2D eigenvalue weighted by Gasteiger charge is 2.07. The fraction of sp³-hybridized carbons (Fsp3) is 0.286. The van der Waals surface area contributed by atoms with E-state index in [1.807, 2.05) is 0 Å². The van der Waals surface area contributed by atoms with E-state index < -0.39 is 6.10 Å². The van der Waals surface area contributed by atoms with E-state index in [0.29, 0.717) is 0 Å². The molecule has 0 aliphatic carbocycles. The highest BCUT2D eigenvalue weighted by atomic mass is 16.3. The molecule has 0 aliphatic rings. The molecule has 3 nitrogen and oxygen atoms in total. The van der Waals surface area contributed by atoms with Crippen LogP contribution >= 0.6 is 0 Å². The Labute approximate surface area is 59.4 Å². The molecule has 0 amide bonds. The maximum absolute atomic E-state index is 9.33. The lowest BCUT2D eigenvalue weighted by molar-refractivity contribution is 0.216. The Balaban J connectivity index is 2.77. The number of nitrogens with zero attached hydrogens (tertiary/aromatic N) is 1. The van der Waals surface area contributed by atoms with E-state index in [4.69, 9.17) is 0 Å². The summed E-state index contributed by atoms with van der Waals surface area (Å²) in [5, 5.41) is 15.6. The molecule has 0 radical (unpaired) electrons. The van der Waals surface area contributed by atoms with E-state index in [-0.39, 0.29) is 0 Å². The number of H-pyrrole nitrogens is 1. The zero-order valence-electron chi connectivity index (χ0n) is 5.83. The van der Waals surface area contributed by atoms with Gasteiger partial charge in [-0.1, -0.05) is 6.58 Å². The number of rotatable bonds is 2. The first-order valence-corrected chi connectivity index (χ1v) is 3.04. The topological polar surface area (TPSA) is 48.9 Å². The lowest BCUT2D eigenvalue weighted by Crippen LogP contribution is -1.94. The van der Waals surface area contributed by atoms with Crippen LogP contribution in [-0.2, 0) is 0 Å². The minimum atomic E-state index is -0.584. The molecule has 0 aliphatic heterocycles. The Kier molecular flexibility index (Phi) is 1.87. The summed E-state index contributed by atoms with van der Waals surface area (Å²) in [5.74, 6) is 0. The molecule has 0 saturated heterocycles. The van der Waals surface area contributed by atoms with Gasteiger partial charge in [-0.15, -0.1) is 0 Å². The van der Waals surface area contributed by atoms with Crippen molar-refractivity contribution in [3.05, 3.63) is 30.1 Å². The largest absolute Gasteiger partial charge is 0.384 e. The van der Waals surface area contributed by atoms with Crippen LogP contribution in [0, 0.1) is 0 Å². The van der Waals surface area contributed by atoms with Gasteiger partial charge in [0.15, 0.2) is 0 Å². The predicted molar refractivity (Wildman–Crippen MR) is 38.4 cm³/mol. The van der Waals surface area contributed by atoms with Crippen molar-refractivity contribution in [3.8, 4) is 0 Å². The minimum Gasteiger partial charge on any atom is -0.384 e. The maximum Gasteiger partial charge on any atom is 0.103 e. The Morgan fingerprint density at radius 3 is 3.00 bits per heavy atom. The molecule has 2 N–H and O–H groups in total. The van der Waals surface area contributed by atoms with Gasteiger partial charge in [-0.2, -0.15) is 5.10 Å². The van der Waals surface area contributed by atoms with Gasteiger partial charge in [0.2, 0.25) is 0 Å². The van der Waals surface area contributed by atoms with E-state index in [1.165, 1.54) is 0 Å². The van der Waals surface area contributed by atoms with E-state index in [2.05, 4.69) is 16.8 Å². The van der Waals surface area contributed by atoms with Crippen molar-refractivity contribution in [2.24, 2.45) is 0 Å². The molecule has 1 heterocycles. The summed E-state index contributed by atoms with van der Waals surface area (Å²) in [4.78, 5) is 0. The second-order valence-electron chi connectivity index (χ2n) is 2.28. The van der Waals surface area contributed by atoms with Crippen molar-refractivity contribution in [2.75, 3.05) is 0 Å². The van der Waals surface area contributed by atoms with Gasteiger partial charge < -0.3 is 5.11 Å². The van der Waals surface area contributed by atoms with Crippen LogP contribution in [0.3, 0.4) is 0 Å². The second kappa shape index (κ2) is 2.66. The number of aromatic nitrogens is 2. The highest BCUT2D eigenvalue weighted by molar-refractivity contribution is 5.16. The maximum atomic E-state index is 9.33. The summed E-state index contributed by atoms with van der Waals surface area (Å²) in [7, 11) is 0. The first kappa shape index (κ1) is 7.02. The normalized spacial score (nSPS) is 13.0. The van der Waals surface area contributed by atoms with Crippen LogP contribution in [-0.4, -0.2) is 15.3 Å². The monoisotopic (exact) mass is 138 g/mol. The summed E-state index contributed by atoms with van der Waals surface area (Å²) in [5.41, 5.74) is 1.48. The van der Waals surface area contributed by atoms with E-state index >= 15 is 0 Å². The van der Waals surface area contributed by atoms with Crippen molar-refractivity contribution in [1.82, 2.24) is 10.2 Å². The average molecular weight is 138 g/mol. The number of nitrogens with one attached hydrogen (secondary N) is 1. The molecule has 1 rings (SSSR count). The van der Waals surface area contributed by atoms with Crippen LogP contribution in [0.2, 0.25) is 0 Å². The third-order valence-corrected chi connectivity index (χ3v) is 1.30. The lowest BCUT2D eigenvalue weighted by Gasteiger charge is -2.05. The molecule has 3 heteroatoms. The van der Waals surface area contributed by atoms with Gasteiger partial charge in [-0.3, -0.25) is 5.10 Å². The minimum absolute atomic E-state index is 0.584. The van der Waals surface area contributed by atoms with Gasteiger partial charge in [0.1, 0.15) is 6.10 Å². The Morgan fingerprint density at radius 1 is 1.90 bits per heavy atom. The SMILES string of the molecule is C=C(C)C(O)c1cn[nH]c1. The Bertz CT molecular complexity index is 216. The lowest BCUT2D eigenvalue weighted by atomic mass is 10.1. The average Bonchev–Trinajstić information content (AvgIpc) is 2.36. The van der Waals surface area contributed by atoms with Crippen LogP contribution in [0.15, 0.2) is 24.5 Å². The molecule has 1 aromatic heterocycles. The van der Waals surface area contributed by atoms with Gasteiger partial charge in [-0.25, -0.2) is 0 Å². The van der Waals surface area contributed by atoms with Crippen molar-refractivity contribution in [3.63, 3.8) is 0 Å². The smallest absolute Gasteiger partial charge is 0.103 e. The van der Waals surface area contributed by atoms with Crippen LogP contribution in [0.1, 0.15) is 18.6 Å². The fourth-order valence-corrected chi connectivity index (χ4v) is 0.695. The van der Waals surface area contributed by atoms with Crippen molar-refractivity contribution in [2.45, 2.75) is 13.0 Å². The quantitative estimate of drug-likeness (QED) is 0.599. The fourth-order valence-electron chi connectivity index (χ4n) is 0.695. The third-order valence-electron chi connectivity index (χ3n) is 1.30. The standard InChI is InChI=1S/C7H10N2O/c1-5(2)7(10)6-3-8-9-4-6/h3-4,7,10H,1H2,2H3,(H,8,9). The van der Waals surface area contributed by atoms with Gasteiger partial charge in [0.05, 0.1) is 6.20 Å². The Hall–Kier alpha value is -1.09. The van der Waals surface area contributed by atoms with E-state index in [1.54, 1.807) is 19.3 Å². The molecule has 1 atom stereocenters. The number of aliphatic hydroxyl groups is 1. The van der Waals surface area contributed by atoms with Crippen LogP contribution in [0.4, 0.5) is 0 Å². The summed E-state index contributed by atoms with van der Waals surface area (Å²) in [6.45, 7) is 5.39. The molecular formula is C7H10N2O. The highest BCUT2D eigenvalue weighted by Crippen LogP contribution is 2.16. The molecule has 0 aromatic carbocycles. The van der Waals surface area contributed by atoms with E-state index in [9.17, 15) is 5.11 Å². The van der Waals surface area contributed by atoms with Crippen molar-refractivity contribution >= 4 is 0 Å². The van der Waals surface area contributed by atoms with Gasteiger partial charge >= 0.3 is 0 Å². The number of aliphatic hydroxyl groups excluding tert-OH is 1. The van der Waals surface area contributed by atoms with E-state index in [0.717, 1.165) is 11.1 Å². The molecule has 10 heavy (non-hydrogen) atoms. The van der Waals surface area contributed by atoms with Gasteiger partial charge in [-0.05, 0) is 12.5 Å². The summed E-state index contributed by atoms with van der Waals surface area (Å²) in [6, 6.07) is 0. The summed E-state index contributed by atoms with van der Waals surface area (Å²) >= 11 is 0. The number of hydrogen-bond acceptors (Lipinski definition) is 2. The molecule has 54 valence electrons. The van der Waals surface area contributed by atoms with Crippen LogP contribution < -0.4 is 0 Å². The Morgan fingerprint density at radius 2 is 2.60 bits per heavy atom. The zero-order valence-corrected chi connectivity index (χ0v) is 5.83. The van der Waals surface area contributed by atoms with Gasteiger partial charge in [0, 0.05) is 11.8 Å². The first-order valence-electron chi connectivity index (χ1n) is 3.04. The van der Waals surface area contributed by atoms with Crippen molar-refractivity contribution < 1.29 is 5.11 Å². The summed E-state index contributed by atoms with van der Waals surface area (Å²) < 4.78 is 0.